The molecule has 0 atom stereocenters. The van der Waals surface area contributed by atoms with E-state index in [0.717, 1.165) is 25.3 Å². The minimum Gasteiger partial charge on any atom is -0.484 e. The van der Waals surface area contributed by atoms with Crippen LogP contribution in [0.5, 0.6) is 5.75 Å². The molecule has 1 aromatic carbocycles. The van der Waals surface area contributed by atoms with E-state index < -0.39 is 0 Å². The zero-order valence-corrected chi connectivity index (χ0v) is 16.3. The van der Waals surface area contributed by atoms with Crippen LogP contribution in [0.15, 0.2) is 30.3 Å². The first-order chi connectivity index (χ1) is 13.2. The molecule has 1 saturated carbocycles. The molecule has 3 rings (SSSR count). The van der Waals surface area contributed by atoms with Crippen LogP contribution in [0.2, 0.25) is 0 Å². The lowest BCUT2D eigenvalue weighted by molar-refractivity contribution is -0.135. The van der Waals surface area contributed by atoms with Crippen molar-refractivity contribution in [3.63, 3.8) is 0 Å². The zero-order valence-electron chi connectivity index (χ0n) is 16.3. The van der Waals surface area contributed by atoms with E-state index in [1.807, 2.05) is 40.1 Å². The van der Waals surface area contributed by atoms with Gasteiger partial charge in [0, 0.05) is 32.6 Å². The van der Waals surface area contributed by atoms with Gasteiger partial charge in [-0.3, -0.25) is 9.59 Å². The fourth-order valence-electron chi connectivity index (χ4n) is 4.13. The number of ether oxygens (including phenoxy) is 1. The minimum absolute atomic E-state index is 0.00430. The number of carbonyl (C=O) groups excluding carboxylic acids is 2. The van der Waals surface area contributed by atoms with Crippen molar-refractivity contribution in [3.8, 4) is 5.75 Å². The van der Waals surface area contributed by atoms with Gasteiger partial charge in [0.25, 0.3) is 5.91 Å². The lowest BCUT2D eigenvalue weighted by atomic mass is 9.86. The van der Waals surface area contributed by atoms with E-state index in [4.69, 9.17) is 4.74 Å². The maximum absolute atomic E-state index is 12.6. The first-order valence-corrected chi connectivity index (χ1v) is 10.5. The van der Waals surface area contributed by atoms with Crippen LogP contribution in [0.1, 0.15) is 51.4 Å². The van der Waals surface area contributed by atoms with E-state index in [1.165, 1.54) is 32.1 Å². The Bertz CT molecular complexity index is 599. The summed E-state index contributed by atoms with van der Waals surface area (Å²) in [6, 6.07) is 9.40. The highest BCUT2D eigenvalue weighted by Gasteiger charge is 2.23. The molecular weight excluding hydrogens is 340 g/mol. The van der Waals surface area contributed by atoms with Gasteiger partial charge in [-0.2, -0.15) is 0 Å². The number of para-hydroxylation sites is 1. The summed E-state index contributed by atoms with van der Waals surface area (Å²) >= 11 is 0. The highest BCUT2D eigenvalue weighted by atomic mass is 16.5. The highest BCUT2D eigenvalue weighted by Crippen LogP contribution is 2.27. The van der Waals surface area contributed by atoms with E-state index in [-0.39, 0.29) is 18.4 Å². The Balaban J connectivity index is 1.39. The molecule has 5 nitrogen and oxygen atoms in total. The summed E-state index contributed by atoms with van der Waals surface area (Å²) in [7, 11) is 0. The number of benzene rings is 1. The molecule has 1 saturated heterocycles. The van der Waals surface area contributed by atoms with Gasteiger partial charge in [-0.1, -0.05) is 50.3 Å². The zero-order chi connectivity index (χ0) is 18.9. The summed E-state index contributed by atoms with van der Waals surface area (Å²) < 4.78 is 5.57. The van der Waals surface area contributed by atoms with Crippen LogP contribution in [0, 0.1) is 5.92 Å². The Morgan fingerprint density at radius 3 is 2.22 bits per heavy atom. The van der Waals surface area contributed by atoms with Crippen molar-refractivity contribution in [2.45, 2.75) is 51.4 Å². The Morgan fingerprint density at radius 2 is 1.52 bits per heavy atom. The summed E-state index contributed by atoms with van der Waals surface area (Å²) in [4.78, 5) is 28.8. The average Bonchev–Trinajstić information content (AvgIpc) is 2.98. The molecule has 2 fully saturated rings. The van der Waals surface area contributed by atoms with Crippen LogP contribution >= 0.6 is 0 Å². The number of amides is 2. The van der Waals surface area contributed by atoms with Gasteiger partial charge in [-0.05, 0) is 30.9 Å². The fourth-order valence-corrected chi connectivity index (χ4v) is 4.13. The van der Waals surface area contributed by atoms with Gasteiger partial charge < -0.3 is 14.5 Å². The minimum atomic E-state index is -0.00430. The summed E-state index contributed by atoms with van der Waals surface area (Å²) in [5.74, 6) is 1.70. The van der Waals surface area contributed by atoms with E-state index in [1.54, 1.807) is 0 Å². The van der Waals surface area contributed by atoms with Crippen LogP contribution in [0.25, 0.3) is 0 Å². The van der Waals surface area contributed by atoms with Gasteiger partial charge in [0.2, 0.25) is 5.91 Å². The van der Waals surface area contributed by atoms with Crippen LogP contribution in [-0.2, 0) is 9.59 Å². The Morgan fingerprint density at radius 1 is 0.852 bits per heavy atom. The molecule has 0 spiro atoms. The number of carbonyl (C=O) groups is 2. The van der Waals surface area contributed by atoms with Crippen LogP contribution < -0.4 is 4.74 Å². The van der Waals surface area contributed by atoms with Crippen LogP contribution in [0.3, 0.4) is 0 Å². The number of hydrogen-bond donors (Lipinski definition) is 0. The normalized spacial score (nSPS) is 18.8. The summed E-state index contributed by atoms with van der Waals surface area (Å²) in [5, 5.41) is 0. The van der Waals surface area contributed by atoms with Gasteiger partial charge in [0.15, 0.2) is 6.61 Å². The number of hydrogen-bond acceptors (Lipinski definition) is 3. The van der Waals surface area contributed by atoms with E-state index in [9.17, 15) is 9.59 Å². The molecule has 5 heteroatoms. The lowest BCUT2D eigenvalue weighted by Gasteiger charge is -2.24. The number of rotatable bonds is 6. The third-order valence-corrected chi connectivity index (χ3v) is 5.80. The van der Waals surface area contributed by atoms with Crippen molar-refractivity contribution in [3.05, 3.63) is 30.3 Å². The molecule has 1 aliphatic heterocycles. The Labute approximate surface area is 162 Å². The smallest absolute Gasteiger partial charge is 0.260 e. The van der Waals surface area contributed by atoms with Gasteiger partial charge >= 0.3 is 0 Å². The van der Waals surface area contributed by atoms with Gasteiger partial charge in [-0.25, -0.2) is 0 Å². The first-order valence-electron chi connectivity index (χ1n) is 10.5. The largest absolute Gasteiger partial charge is 0.484 e. The third-order valence-electron chi connectivity index (χ3n) is 5.80. The summed E-state index contributed by atoms with van der Waals surface area (Å²) in [5.41, 5.74) is 0. The Hall–Kier alpha value is -2.04. The van der Waals surface area contributed by atoms with Crippen molar-refractivity contribution >= 4 is 11.8 Å². The average molecular weight is 373 g/mol. The molecular formula is C22H32N2O3. The molecule has 148 valence electrons. The molecule has 1 heterocycles. The third kappa shape index (κ3) is 6.26. The second-order valence-electron chi connectivity index (χ2n) is 7.76. The van der Waals surface area contributed by atoms with Crippen molar-refractivity contribution in [2.24, 2.45) is 5.92 Å². The molecule has 2 aliphatic rings. The molecule has 27 heavy (non-hydrogen) atoms. The molecule has 0 aromatic heterocycles. The predicted octanol–water partition coefficient (Wildman–Crippen LogP) is 3.49. The molecule has 0 N–H and O–H groups in total. The monoisotopic (exact) mass is 372 g/mol. The van der Waals surface area contributed by atoms with Crippen LogP contribution in [-0.4, -0.2) is 54.4 Å². The SMILES string of the molecule is O=C(CCC1CCCCC1)N1CCCN(C(=O)COc2ccccc2)CC1. The topological polar surface area (TPSA) is 49.9 Å². The van der Waals surface area contributed by atoms with E-state index in [2.05, 4.69) is 0 Å². The molecule has 1 aliphatic carbocycles. The maximum atomic E-state index is 12.6. The molecule has 0 unspecified atom stereocenters. The molecule has 2 amide bonds. The van der Waals surface area contributed by atoms with Gasteiger partial charge in [0.1, 0.15) is 5.75 Å². The second kappa shape index (κ2) is 10.3. The van der Waals surface area contributed by atoms with E-state index >= 15 is 0 Å². The van der Waals surface area contributed by atoms with Crippen molar-refractivity contribution in [1.82, 2.24) is 9.80 Å². The summed E-state index contributed by atoms with van der Waals surface area (Å²) in [6.07, 6.45) is 9.11. The lowest BCUT2D eigenvalue weighted by Crippen LogP contribution is -2.39. The highest BCUT2D eigenvalue weighted by molar-refractivity contribution is 5.78. The first kappa shape index (κ1) is 19.7. The molecule has 0 radical (unpaired) electrons. The predicted molar refractivity (Wildman–Crippen MR) is 106 cm³/mol. The standard InChI is InChI=1S/C22H32N2O3/c25-21(13-12-19-8-3-1-4-9-19)23-14-7-15-24(17-16-23)22(26)18-27-20-10-5-2-6-11-20/h2,5-6,10-11,19H,1,3-4,7-9,12-18H2. The van der Waals surface area contributed by atoms with Gasteiger partial charge in [0.05, 0.1) is 0 Å². The molecule has 0 bridgehead atoms. The second-order valence-corrected chi connectivity index (χ2v) is 7.76. The van der Waals surface area contributed by atoms with Crippen molar-refractivity contribution < 1.29 is 14.3 Å². The van der Waals surface area contributed by atoms with Crippen LogP contribution in [0.4, 0.5) is 0 Å². The van der Waals surface area contributed by atoms with Gasteiger partial charge in [-0.15, -0.1) is 0 Å². The fraction of sp³-hybridized carbons (Fsp3) is 0.636. The molecule has 1 aromatic rings. The van der Waals surface area contributed by atoms with E-state index in [0.29, 0.717) is 31.8 Å². The summed E-state index contributed by atoms with van der Waals surface area (Å²) in [6.45, 7) is 2.75. The quantitative estimate of drug-likeness (QED) is 0.768. The number of nitrogens with zero attached hydrogens (tertiary/aromatic N) is 2. The van der Waals surface area contributed by atoms with Crippen molar-refractivity contribution in [1.29, 1.82) is 0 Å². The van der Waals surface area contributed by atoms with Crippen molar-refractivity contribution in [2.75, 3.05) is 32.8 Å². The Kier molecular flexibility index (Phi) is 7.55. The maximum Gasteiger partial charge on any atom is 0.260 e.